The van der Waals surface area contributed by atoms with Gasteiger partial charge in [0.2, 0.25) is 0 Å². The fourth-order valence-corrected chi connectivity index (χ4v) is 7.34. The highest BCUT2D eigenvalue weighted by Crippen LogP contribution is 2.28. The summed E-state index contributed by atoms with van der Waals surface area (Å²) < 4.78 is 10.9. The van der Waals surface area contributed by atoms with E-state index in [2.05, 4.69) is 71.0 Å². The quantitative estimate of drug-likeness (QED) is 0.205. The fourth-order valence-electron chi connectivity index (χ4n) is 7.34. The molecule has 1 atom stereocenters. The van der Waals surface area contributed by atoms with Crippen LogP contribution in [0.3, 0.4) is 0 Å². The lowest BCUT2D eigenvalue weighted by Crippen LogP contribution is -2.54. The Labute approximate surface area is 310 Å². The third kappa shape index (κ3) is 9.64. The highest BCUT2D eigenvalue weighted by molar-refractivity contribution is 5.96. The summed E-state index contributed by atoms with van der Waals surface area (Å²) in [5, 5.41) is 9.57. The first-order chi connectivity index (χ1) is 24.9. The van der Waals surface area contributed by atoms with Crippen LogP contribution in [0.15, 0.2) is 60.7 Å². The fraction of sp³-hybridized carbons (Fsp3) is 0.500. The van der Waals surface area contributed by atoms with Crippen molar-refractivity contribution in [2.45, 2.75) is 72.6 Å². The number of nitriles is 1. The number of hydrogen-bond donors (Lipinski definition) is 0. The zero-order valence-corrected chi connectivity index (χ0v) is 32.2. The van der Waals surface area contributed by atoms with Gasteiger partial charge in [0.05, 0.1) is 11.3 Å². The highest BCUT2D eigenvalue weighted by Gasteiger charge is 2.31. The molecule has 0 bridgehead atoms. The highest BCUT2D eigenvalue weighted by atomic mass is 16.6. The minimum Gasteiger partial charge on any atom is -0.444 e. The van der Waals surface area contributed by atoms with E-state index in [0.29, 0.717) is 13.1 Å². The number of methoxy groups -OCH3 is 1. The lowest BCUT2D eigenvalue weighted by Gasteiger charge is -2.42. The van der Waals surface area contributed by atoms with Crippen LogP contribution in [0.2, 0.25) is 0 Å². The number of rotatable bonds is 11. The minimum atomic E-state index is -0.569. The molecule has 0 spiro atoms. The van der Waals surface area contributed by atoms with Gasteiger partial charge in [-0.3, -0.25) is 14.6 Å². The Morgan fingerprint density at radius 3 is 2.23 bits per heavy atom. The second kappa shape index (κ2) is 17.3. The average molecular weight is 709 g/mol. The third-order valence-corrected chi connectivity index (χ3v) is 10.1. The molecule has 52 heavy (non-hydrogen) atoms. The zero-order valence-electron chi connectivity index (χ0n) is 32.2. The number of hydrogen-bond acceptors (Lipinski definition) is 8. The van der Waals surface area contributed by atoms with Crippen LogP contribution in [0.25, 0.3) is 0 Å². The van der Waals surface area contributed by atoms with Crippen molar-refractivity contribution in [1.29, 1.82) is 5.26 Å². The van der Waals surface area contributed by atoms with Gasteiger partial charge < -0.3 is 24.2 Å². The Bertz CT molecular complexity index is 1740. The van der Waals surface area contributed by atoms with Crippen LogP contribution >= 0.6 is 0 Å². The molecule has 2 aliphatic heterocycles. The van der Waals surface area contributed by atoms with Gasteiger partial charge in [0.1, 0.15) is 18.4 Å². The maximum Gasteiger partial charge on any atom is 0.412 e. The molecule has 5 rings (SSSR count). The second-order valence-electron chi connectivity index (χ2n) is 15.2. The first kappa shape index (κ1) is 38.6. The van der Waals surface area contributed by atoms with E-state index in [4.69, 9.17) is 9.47 Å². The summed E-state index contributed by atoms with van der Waals surface area (Å²) in [6, 6.07) is 22.9. The van der Waals surface area contributed by atoms with Crippen molar-refractivity contribution in [3.8, 4) is 6.07 Å². The number of benzene rings is 3. The van der Waals surface area contributed by atoms with Gasteiger partial charge in [-0.15, -0.1) is 0 Å². The van der Waals surface area contributed by atoms with Crippen LogP contribution in [-0.2, 0) is 22.4 Å². The number of carbonyl (C=O) groups is 2. The van der Waals surface area contributed by atoms with E-state index < -0.39 is 5.60 Å². The standard InChI is InChI=1S/C42H56N6O4/c1-31-25-32(2)37(26-36(31)29-44-19-21-45(22-20-44)39-17-11-9-14-35(39)27-43)40(49)48-24-23-46(28-33(48)3)38-16-10-8-13-34(38)15-12-18-47(30-51-7)41(50)52-42(4,5)6/h8-11,13-14,16-17,25-26,33H,12,15,18-24,28-30H2,1-7H3/t33-/m0/s1. The SMILES string of the molecule is COCN(CCCc1ccccc1N1CCN(C(=O)c2cc(CN3CCN(c4ccccc4C#N)CC3)c(C)cc2C)[C@@H](C)C1)C(=O)OC(C)(C)C. The van der Waals surface area contributed by atoms with Gasteiger partial charge in [0, 0.05) is 83.3 Å². The van der Waals surface area contributed by atoms with Crippen molar-refractivity contribution in [2.24, 2.45) is 0 Å². The smallest absolute Gasteiger partial charge is 0.412 e. The molecular formula is C42H56N6O4. The normalized spacial score (nSPS) is 16.8. The molecule has 0 aromatic heterocycles. The molecule has 3 aromatic rings. The van der Waals surface area contributed by atoms with Crippen LogP contribution < -0.4 is 9.80 Å². The van der Waals surface area contributed by atoms with Crippen molar-refractivity contribution in [1.82, 2.24) is 14.7 Å². The summed E-state index contributed by atoms with van der Waals surface area (Å²) in [6.07, 6.45) is 1.21. The van der Waals surface area contributed by atoms with Gasteiger partial charge in [-0.2, -0.15) is 5.26 Å². The van der Waals surface area contributed by atoms with Crippen molar-refractivity contribution in [2.75, 3.05) is 76.0 Å². The van der Waals surface area contributed by atoms with E-state index in [1.54, 1.807) is 12.0 Å². The molecule has 10 heteroatoms. The largest absolute Gasteiger partial charge is 0.444 e. The summed E-state index contributed by atoms with van der Waals surface area (Å²) in [7, 11) is 1.58. The first-order valence-corrected chi connectivity index (χ1v) is 18.6. The number of anilines is 2. The number of nitrogens with zero attached hydrogens (tertiary/aromatic N) is 6. The Balaban J connectivity index is 1.19. The van der Waals surface area contributed by atoms with E-state index in [1.807, 2.05) is 56.9 Å². The monoisotopic (exact) mass is 708 g/mol. The van der Waals surface area contributed by atoms with Crippen LogP contribution in [0.4, 0.5) is 16.2 Å². The van der Waals surface area contributed by atoms with Gasteiger partial charge >= 0.3 is 6.09 Å². The van der Waals surface area contributed by atoms with Gasteiger partial charge in [-0.1, -0.05) is 36.4 Å². The van der Waals surface area contributed by atoms with Crippen LogP contribution in [0.5, 0.6) is 0 Å². The molecule has 0 saturated carbocycles. The topological polar surface area (TPSA) is 92.6 Å². The molecule has 278 valence electrons. The number of aryl methyl sites for hydroxylation is 3. The molecule has 0 radical (unpaired) electrons. The molecule has 0 unspecified atom stereocenters. The number of carbonyl (C=O) groups excluding carboxylic acids is 2. The Kier molecular flexibility index (Phi) is 12.8. The summed E-state index contributed by atoms with van der Waals surface area (Å²) in [4.78, 5) is 37.7. The van der Waals surface area contributed by atoms with Crippen LogP contribution in [0, 0.1) is 25.2 Å². The molecular weight excluding hydrogens is 653 g/mol. The third-order valence-electron chi connectivity index (χ3n) is 10.1. The summed E-state index contributed by atoms with van der Waals surface area (Å²) >= 11 is 0. The van der Waals surface area contributed by atoms with Crippen LogP contribution in [0.1, 0.15) is 72.3 Å². The predicted octanol–water partition coefficient (Wildman–Crippen LogP) is 6.62. The maximum absolute atomic E-state index is 14.2. The Hall–Kier alpha value is -4.59. The zero-order chi connectivity index (χ0) is 37.4. The molecule has 2 amide bonds. The van der Waals surface area contributed by atoms with Gasteiger partial charge in [-0.05, 0) is 101 Å². The lowest BCUT2D eigenvalue weighted by atomic mass is 9.97. The number of amides is 2. The van der Waals surface area contributed by atoms with E-state index in [-0.39, 0.29) is 24.8 Å². The van der Waals surface area contributed by atoms with Crippen molar-refractivity contribution in [3.05, 3.63) is 94.0 Å². The van der Waals surface area contributed by atoms with Crippen molar-refractivity contribution in [3.63, 3.8) is 0 Å². The molecule has 2 aliphatic rings. The molecule has 0 N–H and O–H groups in total. The van der Waals surface area contributed by atoms with Gasteiger partial charge in [0.25, 0.3) is 5.91 Å². The first-order valence-electron chi connectivity index (χ1n) is 18.6. The average Bonchev–Trinajstić information content (AvgIpc) is 3.12. The molecule has 2 fully saturated rings. The van der Waals surface area contributed by atoms with E-state index >= 15 is 0 Å². The second-order valence-corrected chi connectivity index (χ2v) is 15.2. The molecule has 10 nitrogen and oxygen atoms in total. The van der Waals surface area contributed by atoms with Crippen LogP contribution in [-0.4, -0.2) is 105 Å². The number of piperazine rings is 2. The molecule has 2 saturated heterocycles. The number of ether oxygens (including phenoxy) is 2. The van der Waals surface area contributed by atoms with Gasteiger partial charge in [-0.25, -0.2) is 4.79 Å². The summed E-state index contributed by atoms with van der Waals surface area (Å²) in [5.74, 6) is 0.0949. The summed E-state index contributed by atoms with van der Waals surface area (Å²) in [5.41, 5.74) is 7.76. The molecule has 3 aromatic carbocycles. The maximum atomic E-state index is 14.2. The molecule has 2 heterocycles. The van der Waals surface area contributed by atoms with E-state index in [0.717, 1.165) is 81.0 Å². The van der Waals surface area contributed by atoms with Crippen molar-refractivity contribution < 1.29 is 19.1 Å². The van der Waals surface area contributed by atoms with E-state index in [1.165, 1.54) is 22.4 Å². The lowest BCUT2D eigenvalue weighted by molar-refractivity contribution is -0.00311. The Morgan fingerprint density at radius 1 is 0.885 bits per heavy atom. The number of para-hydroxylation sites is 2. The predicted molar refractivity (Wildman–Crippen MR) is 207 cm³/mol. The Morgan fingerprint density at radius 2 is 1.56 bits per heavy atom. The molecule has 0 aliphatic carbocycles. The van der Waals surface area contributed by atoms with Gasteiger partial charge in [0.15, 0.2) is 0 Å². The minimum absolute atomic E-state index is 0.0344. The van der Waals surface area contributed by atoms with E-state index in [9.17, 15) is 14.9 Å². The summed E-state index contributed by atoms with van der Waals surface area (Å²) in [6.45, 7) is 19.1. The van der Waals surface area contributed by atoms with Crippen molar-refractivity contribution >= 4 is 23.4 Å².